The molecule has 0 aromatic carbocycles. The molecule has 0 aliphatic carbocycles. The Labute approximate surface area is 145 Å². The molecule has 132 valence electrons. The zero-order valence-corrected chi connectivity index (χ0v) is 15.2. The van der Waals surface area contributed by atoms with Crippen LogP contribution < -0.4 is 5.32 Å². The molecule has 24 heavy (non-hydrogen) atoms. The van der Waals surface area contributed by atoms with Crippen LogP contribution in [-0.2, 0) is 19.6 Å². The van der Waals surface area contributed by atoms with Crippen molar-refractivity contribution < 1.29 is 18.0 Å². The van der Waals surface area contributed by atoms with Crippen LogP contribution in [0, 0.1) is 0 Å². The lowest BCUT2D eigenvalue weighted by Gasteiger charge is -2.30. The van der Waals surface area contributed by atoms with Gasteiger partial charge in [0, 0.05) is 31.4 Å². The summed E-state index contributed by atoms with van der Waals surface area (Å²) in [4.78, 5) is 26.9. The molecule has 3 heterocycles. The second-order valence-electron chi connectivity index (χ2n) is 6.18. The van der Waals surface area contributed by atoms with Crippen molar-refractivity contribution in [1.29, 1.82) is 0 Å². The summed E-state index contributed by atoms with van der Waals surface area (Å²) in [6.07, 6.45) is 3.29. The summed E-state index contributed by atoms with van der Waals surface area (Å²) in [5.74, 6) is -0.231. The van der Waals surface area contributed by atoms with E-state index in [-0.39, 0.29) is 35.8 Å². The van der Waals surface area contributed by atoms with Crippen LogP contribution in [0.1, 0.15) is 36.6 Å². The zero-order valence-electron chi connectivity index (χ0n) is 13.5. The monoisotopic (exact) mass is 371 g/mol. The van der Waals surface area contributed by atoms with Crippen LogP contribution in [0.2, 0.25) is 0 Å². The van der Waals surface area contributed by atoms with Gasteiger partial charge in [0.25, 0.3) is 0 Å². The predicted molar refractivity (Wildman–Crippen MR) is 90.1 cm³/mol. The highest BCUT2D eigenvalue weighted by molar-refractivity contribution is 7.89. The second kappa shape index (κ2) is 6.81. The average Bonchev–Trinajstić information content (AvgIpc) is 2.94. The fourth-order valence-corrected chi connectivity index (χ4v) is 5.81. The molecule has 1 aromatic heterocycles. The van der Waals surface area contributed by atoms with Gasteiger partial charge in [0.15, 0.2) is 0 Å². The molecule has 1 aromatic rings. The Morgan fingerprint density at radius 3 is 2.96 bits per heavy atom. The number of nitrogens with zero attached hydrogens (tertiary/aromatic N) is 2. The largest absolute Gasteiger partial charge is 0.346 e. The molecule has 1 N–H and O–H groups in total. The first-order valence-electron chi connectivity index (χ1n) is 8.00. The molecule has 0 spiro atoms. The lowest BCUT2D eigenvalue weighted by atomic mass is 10.2. The van der Waals surface area contributed by atoms with Gasteiger partial charge in [-0.1, -0.05) is 6.42 Å². The molecule has 1 atom stereocenters. The van der Waals surface area contributed by atoms with E-state index in [9.17, 15) is 18.0 Å². The number of sulfonamides is 1. The molecule has 9 heteroatoms. The Kier molecular flexibility index (Phi) is 4.93. The molecular formula is C15H21N3O4S2. The number of likely N-dealkylation sites (N-methyl/N-ethyl adjacent to an activating group) is 1. The normalized spacial score (nSPS) is 24.3. The van der Waals surface area contributed by atoms with Gasteiger partial charge in [-0.05, 0) is 24.3 Å². The third kappa shape index (κ3) is 3.33. The van der Waals surface area contributed by atoms with Crippen LogP contribution in [0.3, 0.4) is 0 Å². The van der Waals surface area contributed by atoms with Crippen molar-refractivity contribution in [2.45, 2.75) is 36.6 Å². The van der Waals surface area contributed by atoms with E-state index in [0.29, 0.717) is 17.8 Å². The van der Waals surface area contributed by atoms with E-state index in [4.69, 9.17) is 0 Å². The molecule has 0 saturated carbocycles. The number of amides is 2. The molecule has 1 fully saturated rings. The Balaban J connectivity index is 1.70. The van der Waals surface area contributed by atoms with E-state index in [2.05, 4.69) is 5.32 Å². The van der Waals surface area contributed by atoms with Crippen molar-refractivity contribution in [1.82, 2.24) is 14.5 Å². The summed E-state index contributed by atoms with van der Waals surface area (Å²) < 4.78 is 25.8. The van der Waals surface area contributed by atoms with E-state index < -0.39 is 10.0 Å². The van der Waals surface area contributed by atoms with Gasteiger partial charge in [-0.15, -0.1) is 11.3 Å². The Hall–Kier alpha value is -1.45. The van der Waals surface area contributed by atoms with Gasteiger partial charge >= 0.3 is 0 Å². The molecule has 7 nitrogen and oxygen atoms in total. The first-order valence-corrected chi connectivity index (χ1v) is 10.3. The highest BCUT2D eigenvalue weighted by Crippen LogP contribution is 2.35. The minimum atomic E-state index is -3.46. The third-order valence-corrected chi connectivity index (χ3v) is 7.48. The number of nitrogens with one attached hydrogen (secondary N) is 1. The molecule has 2 amide bonds. The van der Waals surface area contributed by atoms with Crippen molar-refractivity contribution in [2.24, 2.45) is 0 Å². The van der Waals surface area contributed by atoms with Crippen LogP contribution >= 0.6 is 11.3 Å². The number of fused-ring (bicyclic) bond motifs is 1. The zero-order chi connectivity index (χ0) is 17.3. The van der Waals surface area contributed by atoms with Crippen molar-refractivity contribution in [3.8, 4) is 0 Å². The summed E-state index contributed by atoms with van der Waals surface area (Å²) >= 11 is 1.33. The van der Waals surface area contributed by atoms with E-state index in [0.717, 1.165) is 19.3 Å². The highest BCUT2D eigenvalue weighted by atomic mass is 32.2. The van der Waals surface area contributed by atoms with Gasteiger partial charge in [-0.3, -0.25) is 9.59 Å². The van der Waals surface area contributed by atoms with Gasteiger partial charge in [0.2, 0.25) is 21.8 Å². The van der Waals surface area contributed by atoms with E-state index >= 15 is 0 Å². The maximum absolute atomic E-state index is 12.4. The third-order valence-electron chi connectivity index (χ3n) is 4.44. The van der Waals surface area contributed by atoms with Gasteiger partial charge in [0.05, 0.1) is 17.5 Å². The van der Waals surface area contributed by atoms with Crippen LogP contribution in [-0.4, -0.2) is 56.1 Å². The lowest BCUT2D eigenvalue weighted by molar-refractivity contribution is -0.135. The Morgan fingerprint density at radius 1 is 1.38 bits per heavy atom. The van der Waals surface area contributed by atoms with E-state index in [1.807, 2.05) is 0 Å². The van der Waals surface area contributed by atoms with E-state index in [1.54, 1.807) is 16.3 Å². The number of hydrogen-bond donors (Lipinski definition) is 1. The Morgan fingerprint density at radius 2 is 2.17 bits per heavy atom. The fraction of sp³-hybridized carbons (Fsp3) is 0.600. The van der Waals surface area contributed by atoms with Crippen molar-refractivity contribution >= 4 is 33.2 Å². The van der Waals surface area contributed by atoms with Crippen molar-refractivity contribution in [3.05, 3.63) is 16.3 Å². The summed E-state index contributed by atoms with van der Waals surface area (Å²) in [5, 5.41) is 4.61. The summed E-state index contributed by atoms with van der Waals surface area (Å²) in [6, 6.07) is 1.20. The summed E-state index contributed by atoms with van der Waals surface area (Å²) in [7, 11) is -1.95. The molecular weight excluding hydrogens is 350 g/mol. The average molecular weight is 371 g/mol. The molecule has 1 saturated heterocycles. The van der Waals surface area contributed by atoms with Crippen molar-refractivity contribution in [2.75, 3.05) is 26.7 Å². The SMILES string of the molecule is CN1C[C@@H](NC(=O)CN2CCCCCC2=O)c2sccc2S1(=O)=O. The molecule has 2 aliphatic heterocycles. The lowest BCUT2D eigenvalue weighted by Crippen LogP contribution is -2.46. The minimum absolute atomic E-state index is 0.0165. The van der Waals surface area contributed by atoms with Crippen LogP contribution in [0.25, 0.3) is 0 Å². The first-order chi connectivity index (χ1) is 11.4. The van der Waals surface area contributed by atoms with Gasteiger partial charge in [-0.2, -0.15) is 4.31 Å². The van der Waals surface area contributed by atoms with Crippen LogP contribution in [0.4, 0.5) is 0 Å². The van der Waals surface area contributed by atoms with Crippen molar-refractivity contribution in [3.63, 3.8) is 0 Å². The standard InChI is InChI=1S/C15H21N3O4S2/c1-17-9-11(15-12(6-8-23-15)24(17,21)22)16-13(19)10-18-7-4-2-3-5-14(18)20/h6,8,11H,2-5,7,9-10H2,1H3,(H,16,19)/t11-/m1/s1. The molecule has 0 radical (unpaired) electrons. The van der Waals surface area contributed by atoms with Crippen LogP contribution in [0.15, 0.2) is 16.3 Å². The number of carbonyl (C=O) groups is 2. The van der Waals surface area contributed by atoms with Gasteiger partial charge < -0.3 is 10.2 Å². The molecule has 0 unspecified atom stereocenters. The number of likely N-dealkylation sites (tertiary alicyclic amines) is 1. The maximum Gasteiger partial charge on any atom is 0.244 e. The number of rotatable bonds is 3. The molecule has 0 bridgehead atoms. The molecule has 2 aliphatic rings. The number of hydrogen-bond acceptors (Lipinski definition) is 5. The van der Waals surface area contributed by atoms with E-state index in [1.165, 1.54) is 22.7 Å². The van der Waals surface area contributed by atoms with Gasteiger partial charge in [0.1, 0.15) is 0 Å². The number of carbonyl (C=O) groups excluding carboxylic acids is 2. The quantitative estimate of drug-likeness (QED) is 0.857. The summed E-state index contributed by atoms with van der Waals surface area (Å²) in [5.41, 5.74) is 0. The fourth-order valence-electron chi connectivity index (χ4n) is 3.11. The highest BCUT2D eigenvalue weighted by Gasteiger charge is 2.36. The first kappa shape index (κ1) is 17.4. The predicted octanol–water partition coefficient (Wildman–Crippen LogP) is 0.942. The smallest absolute Gasteiger partial charge is 0.244 e. The van der Waals surface area contributed by atoms with Crippen LogP contribution in [0.5, 0.6) is 0 Å². The molecule has 3 rings (SSSR count). The second-order valence-corrected chi connectivity index (χ2v) is 9.14. The number of thiophene rings is 1. The Bertz CT molecular complexity index is 744. The summed E-state index contributed by atoms with van der Waals surface area (Å²) in [6.45, 7) is 0.845. The van der Waals surface area contributed by atoms with Gasteiger partial charge in [-0.25, -0.2) is 8.42 Å². The maximum atomic E-state index is 12.4. The minimum Gasteiger partial charge on any atom is -0.346 e. The topological polar surface area (TPSA) is 86.8 Å².